The predicted octanol–water partition coefficient (Wildman–Crippen LogP) is -1.66. The van der Waals surface area contributed by atoms with Gasteiger partial charge in [0.25, 0.3) is 5.91 Å². The standard InChI is InChI=1S/C18H19N3O6S.2H2O/c1-9(22)27-7-11-8-28-17-13(16(24)21(17)14(11)18(25)26)20-15(23)12(19)10-5-3-2-4-6-10;;/h2-6,12-13,17H,7-8,19H2,1H3,(H,20,23)(H,25,26);2*1H2/t12-,13-,17-;;/m1../s1. The number of aliphatic carboxylic acids is 1. The van der Waals surface area contributed by atoms with Crippen molar-refractivity contribution in [3.63, 3.8) is 0 Å². The Balaban J connectivity index is 0.00000225. The summed E-state index contributed by atoms with van der Waals surface area (Å²) in [6.45, 7) is 1.02. The number of carboxylic acids is 1. The molecule has 1 aromatic rings. The maximum atomic E-state index is 12.5. The topological polar surface area (TPSA) is 202 Å². The molecule has 30 heavy (non-hydrogen) atoms. The van der Waals surface area contributed by atoms with Crippen LogP contribution in [0.1, 0.15) is 18.5 Å². The molecule has 2 heterocycles. The third-order valence-electron chi connectivity index (χ3n) is 4.44. The van der Waals surface area contributed by atoms with Gasteiger partial charge in [0.05, 0.1) is 0 Å². The van der Waals surface area contributed by atoms with Crippen LogP contribution < -0.4 is 11.1 Å². The number of hydrogen-bond acceptors (Lipinski definition) is 7. The van der Waals surface area contributed by atoms with Crippen LogP contribution in [-0.4, -0.2) is 68.5 Å². The number of nitrogens with one attached hydrogen (secondary N) is 1. The van der Waals surface area contributed by atoms with Crippen LogP contribution in [0.25, 0.3) is 0 Å². The number of esters is 1. The molecule has 2 amide bonds. The number of thioether (sulfide) groups is 1. The highest BCUT2D eigenvalue weighted by Crippen LogP contribution is 2.40. The van der Waals surface area contributed by atoms with Crippen LogP contribution in [0.2, 0.25) is 0 Å². The molecule has 0 spiro atoms. The molecule has 0 aromatic heterocycles. The van der Waals surface area contributed by atoms with Crippen LogP contribution in [0.3, 0.4) is 0 Å². The molecule has 164 valence electrons. The van der Waals surface area contributed by atoms with E-state index in [0.29, 0.717) is 11.1 Å². The molecule has 2 aliphatic heterocycles. The summed E-state index contributed by atoms with van der Waals surface area (Å²) >= 11 is 1.29. The minimum Gasteiger partial charge on any atom is -0.477 e. The van der Waals surface area contributed by atoms with Crippen LogP contribution in [-0.2, 0) is 23.9 Å². The molecule has 11 nitrogen and oxygen atoms in total. The Labute approximate surface area is 175 Å². The fourth-order valence-electron chi connectivity index (χ4n) is 3.04. The molecule has 0 aliphatic carbocycles. The molecular weight excluding hydrogens is 418 g/mol. The van der Waals surface area contributed by atoms with Gasteiger partial charge in [-0.3, -0.25) is 19.3 Å². The molecule has 1 aromatic carbocycles. The van der Waals surface area contributed by atoms with Gasteiger partial charge >= 0.3 is 11.9 Å². The van der Waals surface area contributed by atoms with Crippen LogP contribution in [0.15, 0.2) is 41.6 Å². The Bertz CT molecular complexity index is 860. The van der Waals surface area contributed by atoms with Gasteiger partial charge in [0, 0.05) is 18.2 Å². The Hall–Kier alpha value is -2.93. The van der Waals surface area contributed by atoms with E-state index in [4.69, 9.17) is 10.5 Å². The van der Waals surface area contributed by atoms with Crippen molar-refractivity contribution in [2.24, 2.45) is 5.73 Å². The number of benzene rings is 1. The van der Waals surface area contributed by atoms with E-state index in [-0.39, 0.29) is 29.0 Å². The summed E-state index contributed by atoms with van der Waals surface area (Å²) in [7, 11) is 0. The Kier molecular flexibility index (Phi) is 8.54. The summed E-state index contributed by atoms with van der Waals surface area (Å²) in [5.41, 5.74) is 6.69. The lowest BCUT2D eigenvalue weighted by molar-refractivity contribution is -0.151. The average molecular weight is 441 g/mol. The van der Waals surface area contributed by atoms with Crippen molar-refractivity contribution in [1.29, 1.82) is 0 Å². The first-order valence-corrected chi connectivity index (χ1v) is 9.50. The van der Waals surface area contributed by atoms with Gasteiger partial charge in [0.1, 0.15) is 29.8 Å². The number of amides is 2. The zero-order valence-corrected chi connectivity index (χ0v) is 16.8. The molecule has 2 aliphatic rings. The molecule has 1 saturated heterocycles. The number of hydrogen-bond donors (Lipinski definition) is 3. The van der Waals surface area contributed by atoms with Crippen molar-refractivity contribution in [3.05, 3.63) is 47.2 Å². The summed E-state index contributed by atoms with van der Waals surface area (Å²) < 4.78 is 4.88. The highest BCUT2D eigenvalue weighted by molar-refractivity contribution is 8.00. The lowest BCUT2D eigenvalue weighted by Crippen LogP contribution is -2.71. The van der Waals surface area contributed by atoms with Crippen molar-refractivity contribution in [2.75, 3.05) is 12.4 Å². The largest absolute Gasteiger partial charge is 0.477 e. The second kappa shape index (κ2) is 10.2. The van der Waals surface area contributed by atoms with Crippen molar-refractivity contribution >= 4 is 35.5 Å². The van der Waals surface area contributed by atoms with E-state index in [1.54, 1.807) is 30.3 Å². The first-order valence-electron chi connectivity index (χ1n) is 8.45. The van der Waals surface area contributed by atoms with Crippen molar-refractivity contribution in [1.82, 2.24) is 10.2 Å². The molecule has 0 unspecified atom stereocenters. The normalized spacial score (nSPS) is 20.6. The summed E-state index contributed by atoms with van der Waals surface area (Å²) in [5, 5.41) is 11.6. The third-order valence-corrected chi connectivity index (χ3v) is 5.78. The van der Waals surface area contributed by atoms with Gasteiger partial charge in [-0.1, -0.05) is 30.3 Å². The van der Waals surface area contributed by atoms with E-state index in [1.165, 1.54) is 18.7 Å². The fraction of sp³-hybridized carbons (Fsp3) is 0.333. The number of β-lactam (4-membered cyclic amide) rings is 1. The van der Waals surface area contributed by atoms with Crippen molar-refractivity contribution in [2.45, 2.75) is 24.4 Å². The van der Waals surface area contributed by atoms with Crippen LogP contribution >= 0.6 is 11.8 Å². The van der Waals surface area contributed by atoms with Crippen LogP contribution in [0.5, 0.6) is 0 Å². The minimum atomic E-state index is -1.29. The predicted molar refractivity (Wildman–Crippen MR) is 107 cm³/mol. The summed E-state index contributed by atoms with van der Waals surface area (Å²) in [6, 6.07) is 6.92. The molecule has 3 rings (SSSR count). The molecule has 8 N–H and O–H groups in total. The van der Waals surface area contributed by atoms with Gasteiger partial charge in [-0.15, -0.1) is 11.8 Å². The highest BCUT2D eigenvalue weighted by atomic mass is 32.2. The maximum Gasteiger partial charge on any atom is 0.352 e. The Morgan fingerprint density at radius 2 is 1.93 bits per heavy atom. The van der Waals surface area contributed by atoms with E-state index in [0.717, 1.165) is 4.90 Å². The summed E-state index contributed by atoms with van der Waals surface area (Å²) in [6.07, 6.45) is 0. The van der Waals surface area contributed by atoms with E-state index < -0.39 is 41.2 Å². The van der Waals surface area contributed by atoms with Crippen LogP contribution in [0.4, 0.5) is 0 Å². The Morgan fingerprint density at radius 3 is 2.50 bits per heavy atom. The lowest BCUT2D eigenvalue weighted by Gasteiger charge is -2.49. The Morgan fingerprint density at radius 1 is 1.30 bits per heavy atom. The number of nitrogens with zero attached hydrogens (tertiary/aromatic N) is 1. The lowest BCUT2D eigenvalue weighted by atomic mass is 10.0. The summed E-state index contributed by atoms with van der Waals surface area (Å²) in [4.78, 5) is 48.7. The van der Waals surface area contributed by atoms with Gasteiger partial charge in [0.2, 0.25) is 5.91 Å². The molecule has 1 fully saturated rings. The zero-order chi connectivity index (χ0) is 20.4. The second-order valence-corrected chi connectivity index (χ2v) is 7.43. The number of fused-ring (bicyclic) bond motifs is 1. The molecule has 3 atom stereocenters. The van der Waals surface area contributed by atoms with E-state index >= 15 is 0 Å². The minimum absolute atomic E-state index is 0. The molecule has 0 saturated carbocycles. The van der Waals surface area contributed by atoms with Gasteiger partial charge < -0.3 is 31.8 Å². The van der Waals surface area contributed by atoms with E-state index in [9.17, 15) is 24.3 Å². The highest BCUT2D eigenvalue weighted by Gasteiger charge is 2.54. The van der Waals surface area contributed by atoms with Crippen LogP contribution in [0, 0.1) is 0 Å². The average Bonchev–Trinajstić information content (AvgIpc) is 2.69. The quantitative estimate of drug-likeness (QED) is 0.343. The van der Waals surface area contributed by atoms with Gasteiger partial charge in [-0.05, 0) is 5.56 Å². The number of carboxylic acid groups (broad SMARTS) is 1. The number of rotatable bonds is 6. The SMILES string of the molecule is CC(=O)OCC1=C(C(=O)O)N2C(=O)[C@@H](NC(=O)[C@H](N)c3ccccc3)[C@H]2SC1.O.O. The zero-order valence-electron chi connectivity index (χ0n) is 16.0. The number of nitrogens with two attached hydrogens (primary N) is 1. The first-order chi connectivity index (χ1) is 13.3. The third kappa shape index (κ3) is 4.79. The maximum absolute atomic E-state index is 12.5. The monoisotopic (exact) mass is 441 g/mol. The van der Waals surface area contributed by atoms with Crippen molar-refractivity contribution in [3.8, 4) is 0 Å². The smallest absolute Gasteiger partial charge is 0.352 e. The molecule has 0 bridgehead atoms. The van der Waals surface area contributed by atoms with Gasteiger partial charge in [0.15, 0.2) is 0 Å². The molecule has 12 heteroatoms. The molecular formula is C18H23N3O8S. The van der Waals surface area contributed by atoms with E-state index in [2.05, 4.69) is 5.32 Å². The number of carbonyl (C=O) groups excluding carboxylic acids is 3. The van der Waals surface area contributed by atoms with Gasteiger partial charge in [-0.2, -0.15) is 0 Å². The second-order valence-electron chi connectivity index (χ2n) is 6.32. The molecule has 0 radical (unpaired) electrons. The number of ether oxygens (including phenoxy) is 1. The van der Waals surface area contributed by atoms with Gasteiger partial charge in [-0.25, -0.2) is 4.79 Å². The first kappa shape index (κ1) is 25.1. The number of carbonyl (C=O) groups is 4. The fourth-order valence-corrected chi connectivity index (χ4v) is 4.37. The van der Waals surface area contributed by atoms with Crippen molar-refractivity contribution < 1.29 is 40.0 Å². The summed E-state index contributed by atoms with van der Waals surface area (Å²) in [5.74, 6) is -2.62. The van der Waals surface area contributed by atoms with E-state index in [1.807, 2.05) is 0 Å².